The Kier molecular flexibility index (Phi) is 15.8. The number of benzene rings is 2. The van der Waals surface area contributed by atoms with Gasteiger partial charge in [-0.25, -0.2) is 9.59 Å². The summed E-state index contributed by atoms with van der Waals surface area (Å²) in [6.07, 6.45) is -25.5. The Morgan fingerprint density at radius 1 is 0.607 bits per heavy atom. The van der Waals surface area contributed by atoms with Crippen molar-refractivity contribution >= 4 is 18.5 Å². The first-order valence-corrected chi connectivity index (χ1v) is 19.2. The zero-order valence-electron chi connectivity index (χ0n) is 32.5. The van der Waals surface area contributed by atoms with E-state index in [1.165, 1.54) is 12.1 Å². The number of amides is 2. The summed E-state index contributed by atoms with van der Waals surface area (Å²) in [6, 6.07) is 13.0. The molecule has 1 aliphatic carbocycles. The van der Waals surface area contributed by atoms with Crippen molar-refractivity contribution in [2.45, 2.75) is 113 Å². The van der Waals surface area contributed by atoms with Crippen LogP contribution in [-0.2, 0) is 16.0 Å². The zero-order chi connectivity index (χ0) is 45.4. The molecule has 0 radical (unpaired) electrons. The van der Waals surface area contributed by atoms with Gasteiger partial charge in [0.25, 0.3) is 12.2 Å². The standard InChI is InChI=1S/C19H22F6N2O3.C13H17F6NO2.C7H6O2/c20-18(21,22)15(19(23,24)25)30-16(29)26-9-6-17(7-10-26)5-2-8-27(17)12-13-3-1-4-14(28)11-13;14-12(15,16)9(13(17,18)19)22-10(21)20-7-5-11(6-8-20)3-1-2-4-11;8-5-6-2-1-3-7(9)4-6/h1,3-4,11,15,28H,2,5-10,12H2;9H,1-8H2;1-5,9H. The Labute approximate surface area is 342 Å². The highest BCUT2D eigenvalue weighted by atomic mass is 19.4. The Balaban J connectivity index is 0.000000230. The molecule has 0 aromatic heterocycles. The van der Waals surface area contributed by atoms with Gasteiger partial charge in [0.2, 0.25) is 0 Å². The fraction of sp³-hybridized carbons (Fsp3) is 0.615. The molecule has 4 fully saturated rings. The number of hydrogen-bond acceptors (Lipinski definition) is 8. The van der Waals surface area contributed by atoms with Crippen molar-refractivity contribution in [3.63, 3.8) is 0 Å². The minimum absolute atomic E-state index is 0.0117. The third-order valence-electron chi connectivity index (χ3n) is 11.4. The van der Waals surface area contributed by atoms with E-state index >= 15 is 0 Å². The zero-order valence-corrected chi connectivity index (χ0v) is 32.5. The molecule has 3 saturated heterocycles. The van der Waals surface area contributed by atoms with Gasteiger partial charge in [-0.05, 0) is 93.2 Å². The smallest absolute Gasteiger partial charge is 0.434 e. The van der Waals surface area contributed by atoms with Crippen LogP contribution >= 0.6 is 0 Å². The van der Waals surface area contributed by atoms with Crippen molar-refractivity contribution in [3.8, 4) is 11.5 Å². The van der Waals surface area contributed by atoms with Crippen molar-refractivity contribution < 1.29 is 86.8 Å². The van der Waals surface area contributed by atoms with E-state index in [0.717, 1.165) is 60.4 Å². The number of phenolic OH excluding ortho intramolecular Hbond substituents is 2. The van der Waals surface area contributed by atoms with Crippen molar-refractivity contribution in [2.24, 2.45) is 5.41 Å². The largest absolute Gasteiger partial charge is 0.508 e. The molecule has 0 unspecified atom stereocenters. The van der Waals surface area contributed by atoms with Gasteiger partial charge in [-0.1, -0.05) is 37.1 Å². The first-order chi connectivity index (χ1) is 28.3. The first kappa shape index (κ1) is 49.0. The number of nitrogens with zero attached hydrogens (tertiary/aromatic N) is 3. The van der Waals surface area contributed by atoms with Gasteiger partial charge in [-0.2, -0.15) is 52.7 Å². The van der Waals surface area contributed by atoms with E-state index < -0.39 is 49.1 Å². The van der Waals surface area contributed by atoms with Gasteiger partial charge in [0.15, 0.2) is 0 Å². The number of piperidine rings is 2. The highest BCUT2D eigenvalue weighted by Crippen LogP contribution is 2.47. The average Bonchev–Trinajstić information content (AvgIpc) is 3.78. The van der Waals surface area contributed by atoms with Crippen LogP contribution in [0.2, 0.25) is 0 Å². The second-order valence-corrected chi connectivity index (χ2v) is 15.5. The highest BCUT2D eigenvalue weighted by Gasteiger charge is 2.61. The molecule has 0 atom stereocenters. The van der Waals surface area contributed by atoms with Crippen LogP contribution in [0.3, 0.4) is 0 Å². The maximum Gasteiger partial charge on any atom is 0.434 e. The fourth-order valence-electron chi connectivity index (χ4n) is 8.16. The van der Waals surface area contributed by atoms with Crippen LogP contribution in [0.5, 0.6) is 11.5 Å². The lowest BCUT2D eigenvalue weighted by Gasteiger charge is -2.45. The Morgan fingerprint density at radius 3 is 1.46 bits per heavy atom. The Morgan fingerprint density at radius 2 is 1.05 bits per heavy atom. The van der Waals surface area contributed by atoms with Crippen LogP contribution in [0.4, 0.5) is 62.3 Å². The molecule has 2 aromatic carbocycles. The molecule has 22 heteroatoms. The second-order valence-electron chi connectivity index (χ2n) is 15.5. The molecular weight excluding hydrogens is 850 g/mol. The van der Waals surface area contributed by atoms with Gasteiger partial charge in [0.1, 0.15) is 17.8 Å². The summed E-state index contributed by atoms with van der Waals surface area (Å²) in [6.45, 7) is 1.64. The Bertz CT molecular complexity index is 1740. The van der Waals surface area contributed by atoms with Crippen LogP contribution in [0, 0.1) is 5.41 Å². The summed E-state index contributed by atoms with van der Waals surface area (Å²) in [4.78, 5) is 37.7. The lowest BCUT2D eigenvalue weighted by atomic mass is 9.77. The number of hydrogen-bond donors (Lipinski definition) is 2. The van der Waals surface area contributed by atoms with E-state index in [4.69, 9.17) is 5.11 Å². The summed E-state index contributed by atoms with van der Waals surface area (Å²) in [5, 5.41) is 18.4. The highest BCUT2D eigenvalue weighted by molar-refractivity contribution is 5.75. The van der Waals surface area contributed by atoms with Crippen LogP contribution < -0.4 is 0 Å². The third-order valence-corrected chi connectivity index (χ3v) is 11.4. The minimum Gasteiger partial charge on any atom is -0.508 e. The molecule has 10 nitrogen and oxygen atoms in total. The second kappa shape index (κ2) is 19.6. The SMILES string of the molecule is O=C(OC(C(F)(F)F)C(F)(F)F)N1CCC2(CCCC2)CC1.O=C(OC(C(F)(F)F)C(F)(F)F)N1CCC2(CCCN2Cc2cccc(O)c2)CC1.O=Cc1cccc(O)c1. The molecule has 2 spiro atoms. The van der Waals surface area contributed by atoms with Crippen molar-refractivity contribution in [3.05, 3.63) is 59.7 Å². The van der Waals surface area contributed by atoms with Crippen LogP contribution in [0.15, 0.2) is 48.5 Å². The number of likely N-dealkylation sites (tertiary alicyclic amines) is 3. The summed E-state index contributed by atoms with van der Waals surface area (Å²) >= 11 is 0. The van der Waals surface area contributed by atoms with E-state index in [1.807, 2.05) is 6.07 Å². The van der Waals surface area contributed by atoms with Gasteiger partial charge in [-0.15, -0.1) is 0 Å². The number of halogens is 12. The number of alkyl halides is 12. The Hall–Kier alpha value is -4.63. The number of carbonyl (C=O) groups is 3. The quantitative estimate of drug-likeness (QED) is 0.225. The molecular formula is C39H45F12N3O7. The van der Waals surface area contributed by atoms with E-state index in [9.17, 15) is 72.2 Å². The predicted molar refractivity (Wildman–Crippen MR) is 191 cm³/mol. The molecule has 342 valence electrons. The summed E-state index contributed by atoms with van der Waals surface area (Å²) in [5.41, 5.74) is 1.21. The predicted octanol–water partition coefficient (Wildman–Crippen LogP) is 9.93. The number of carbonyl (C=O) groups excluding carboxylic acids is 3. The van der Waals surface area contributed by atoms with E-state index in [0.29, 0.717) is 44.1 Å². The molecule has 3 heterocycles. The van der Waals surface area contributed by atoms with Gasteiger partial charge in [-0.3, -0.25) is 9.69 Å². The normalized spacial score (nSPS) is 19.3. The van der Waals surface area contributed by atoms with Gasteiger partial charge < -0.3 is 29.5 Å². The topological polar surface area (TPSA) is 120 Å². The van der Waals surface area contributed by atoms with E-state index in [-0.39, 0.29) is 48.6 Å². The summed E-state index contributed by atoms with van der Waals surface area (Å²) in [7, 11) is 0. The number of ether oxygens (including phenoxy) is 2. The third kappa shape index (κ3) is 13.7. The molecule has 61 heavy (non-hydrogen) atoms. The fourth-order valence-corrected chi connectivity index (χ4v) is 8.16. The van der Waals surface area contributed by atoms with E-state index in [1.54, 1.807) is 30.3 Å². The first-order valence-electron chi connectivity index (χ1n) is 19.2. The molecule has 0 bridgehead atoms. The minimum atomic E-state index is -5.73. The number of rotatable bonds is 5. The van der Waals surface area contributed by atoms with Crippen LogP contribution in [0.1, 0.15) is 80.1 Å². The average molecular weight is 896 g/mol. The maximum absolute atomic E-state index is 12.6. The molecule has 4 aliphatic rings. The van der Waals surface area contributed by atoms with Crippen molar-refractivity contribution in [1.29, 1.82) is 0 Å². The van der Waals surface area contributed by atoms with Gasteiger partial charge in [0.05, 0.1) is 0 Å². The number of aldehydes is 1. The van der Waals surface area contributed by atoms with Crippen LogP contribution in [0.25, 0.3) is 0 Å². The summed E-state index contributed by atoms with van der Waals surface area (Å²) in [5.74, 6) is 0.266. The van der Waals surface area contributed by atoms with E-state index in [2.05, 4.69) is 14.4 Å². The lowest BCUT2D eigenvalue weighted by molar-refractivity contribution is -0.309. The molecule has 2 amide bonds. The number of phenols is 2. The number of aromatic hydroxyl groups is 2. The molecule has 2 N–H and O–H groups in total. The summed E-state index contributed by atoms with van der Waals surface area (Å²) < 4.78 is 158. The van der Waals surface area contributed by atoms with Gasteiger partial charge >= 0.3 is 36.9 Å². The van der Waals surface area contributed by atoms with Gasteiger partial charge in [0, 0.05) is 43.8 Å². The van der Waals surface area contributed by atoms with Crippen LogP contribution in [-0.4, -0.2) is 119 Å². The molecule has 1 saturated carbocycles. The van der Waals surface area contributed by atoms with Crippen molar-refractivity contribution in [1.82, 2.24) is 14.7 Å². The maximum atomic E-state index is 12.6. The molecule has 2 aromatic rings. The lowest BCUT2D eigenvalue weighted by Crippen LogP contribution is -2.54. The molecule has 6 rings (SSSR count). The molecule has 3 aliphatic heterocycles. The van der Waals surface area contributed by atoms with Crippen molar-refractivity contribution in [2.75, 3.05) is 32.7 Å². The monoisotopic (exact) mass is 895 g/mol.